The lowest BCUT2D eigenvalue weighted by atomic mass is 9.81. The first-order valence-corrected chi connectivity index (χ1v) is 14.2. The van der Waals surface area contributed by atoms with Crippen molar-refractivity contribution in [2.45, 2.75) is 43.6 Å². The molecule has 38 heavy (non-hydrogen) atoms. The summed E-state index contributed by atoms with van der Waals surface area (Å²) >= 11 is 0. The van der Waals surface area contributed by atoms with Gasteiger partial charge in [-0.15, -0.1) is 0 Å². The third-order valence-electron chi connectivity index (χ3n) is 6.99. The lowest BCUT2D eigenvalue weighted by Gasteiger charge is -2.39. The van der Waals surface area contributed by atoms with Crippen molar-refractivity contribution >= 4 is 40.1 Å². The van der Waals surface area contributed by atoms with E-state index < -0.39 is 15.6 Å². The zero-order valence-corrected chi connectivity index (χ0v) is 22.5. The van der Waals surface area contributed by atoms with Gasteiger partial charge in [0.2, 0.25) is 0 Å². The molecule has 1 aliphatic heterocycles. The number of aliphatic hydroxyl groups is 1. The predicted molar refractivity (Wildman–Crippen MR) is 152 cm³/mol. The van der Waals surface area contributed by atoms with Gasteiger partial charge in [-0.05, 0) is 74.4 Å². The number of sulfonamides is 1. The molecule has 0 spiro atoms. The number of rotatable bonds is 8. The van der Waals surface area contributed by atoms with Crippen molar-refractivity contribution in [2.75, 3.05) is 17.8 Å². The molecule has 1 fully saturated rings. The summed E-state index contributed by atoms with van der Waals surface area (Å²) in [6.07, 6.45) is 5.33. The Bertz CT molecular complexity index is 1460. The number of hydrogen-bond acceptors (Lipinski definition) is 5. The second-order valence-corrected chi connectivity index (χ2v) is 11.0. The molecule has 0 aromatic heterocycles. The second-order valence-electron chi connectivity index (χ2n) is 9.37. The number of piperidine rings is 1. The number of nitrogens with zero attached hydrogens (tertiary/aromatic N) is 2. The van der Waals surface area contributed by atoms with Crippen LogP contribution in [0.25, 0.3) is 6.08 Å². The molecule has 3 aromatic carbocycles. The molecule has 0 unspecified atom stereocenters. The third kappa shape index (κ3) is 5.56. The molecule has 0 bridgehead atoms. The number of hydrogen-bond donors (Lipinski definition) is 2. The normalized spacial score (nSPS) is 15.4. The van der Waals surface area contributed by atoms with Crippen LogP contribution in [-0.2, 0) is 22.0 Å². The molecule has 7 nitrogen and oxygen atoms in total. The fraction of sp³-hybridized carbons (Fsp3) is 0.267. The average Bonchev–Trinajstić information content (AvgIpc) is 2.93. The maximum absolute atomic E-state index is 13.2. The Morgan fingerprint density at radius 1 is 1.08 bits per heavy atom. The maximum atomic E-state index is 13.2. The van der Waals surface area contributed by atoms with Gasteiger partial charge in [0.05, 0.1) is 11.3 Å². The number of carbonyl (C=O) groups excluding carboxylic acids is 1. The number of para-hydroxylation sites is 1. The number of benzene rings is 3. The molecular formula is C30H33N3O4S. The fourth-order valence-electron chi connectivity index (χ4n) is 4.94. The van der Waals surface area contributed by atoms with E-state index in [1.165, 1.54) is 6.07 Å². The number of anilines is 1. The van der Waals surface area contributed by atoms with E-state index in [1.807, 2.05) is 31.2 Å². The van der Waals surface area contributed by atoms with Crippen molar-refractivity contribution in [3.63, 3.8) is 0 Å². The molecule has 0 aliphatic carbocycles. The number of likely N-dealkylation sites (tertiary alicyclic amines) is 1. The van der Waals surface area contributed by atoms with Gasteiger partial charge in [-0.25, -0.2) is 8.42 Å². The molecule has 4 rings (SSSR count). The van der Waals surface area contributed by atoms with Crippen LogP contribution in [0, 0.1) is 0 Å². The highest BCUT2D eigenvalue weighted by atomic mass is 32.2. The Kier molecular flexibility index (Phi) is 8.14. The van der Waals surface area contributed by atoms with Crippen molar-refractivity contribution in [2.24, 2.45) is 4.99 Å². The number of nitrogens with one attached hydrogen (secondary N) is 1. The van der Waals surface area contributed by atoms with E-state index in [-0.39, 0.29) is 16.5 Å². The molecular weight excluding hydrogens is 498 g/mol. The fourth-order valence-corrected chi connectivity index (χ4v) is 6.20. The van der Waals surface area contributed by atoms with Crippen LogP contribution >= 0.6 is 0 Å². The van der Waals surface area contributed by atoms with Gasteiger partial charge in [-0.1, -0.05) is 55.5 Å². The Balaban J connectivity index is 1.45. The van der Waals surface area contributed by atoms with Gasteiger partial charge >= 0.3 is 0 Å². The number of amides is 1. The molecule has 1 amide bonds. The summed E-state index contributed by atoms with van der Waals surface area (Å²) in [6, 6.07) is 19.2. The number of carbonyl (C=O) groups is 1. The minimum atomic E-state index is -3.94. The minimum Gasteiger partial charge on any atom is -0.385 e. The Labute approximate surface area is 224 Å². The highest BCUT2D eigenvalue weighted by molar-refractivity contribution is 7.92. The van der Waals surface area contributed by atoms with E-state index in [2.05, 4.69) is 23.4 Å². The van der Waals surface area contributed by atoms with Crippen molar-refractivity contribution in [1.82, 2.24) is 4.90 Å². The first kappa shape index (κ1) is 27.3. The van der Waals surface area contributed by atoms with Gasteiger partial charge in [-0.3, -0.25) is 14.5 Å². The van der Waals surface area contributed by atoms with Gasteiger partial charge in [0.25, 0.3) is 15.9 Å². The third-order valence-corrected chi connectivity index (χ3v) is 8.40. The molecule has 3 aromatic rings. The zero-order valence-electron chi connectivity index (χ0n) is 21.7. The Hall–Kier alpha value is -3.75. The van der Waals surface area contributed by atoms with E-state index in [9.17, 15) is 18.3 Å². The molecule has 0 radical (unpaired) electrons. The Morgan fingerprint density at radius 2 is 1.76 bits per heavy atom. The summed E-state index contributed by atoms with van der Waals surface area (Å²) in [5.41, 5.74) is 2.83. The molecule has 198 valence electrons. The number of aliphatic imine (C=N–C) groups is 1. The number of aryl methyl sites for hydroxylation is 1. The van der Waals surface area contributed by atoms with Crippen LogP contribution in [0.2, 0.25) is 0 Å². The topological polar surface area (TPSA) is 99.1 Å². The van der Waals surface area contributed by atoms with Gasteiger partial charge in [-0.2, -0.15) is 0 Å². The van der Waals surface area contributed by atoms with Crippen LogP contribution in [0.15, 0.2) is 82.7 Å². The summed E-state index contributed by atoms with van der Waals surface area (Å²) in [6.45, 7) is 8.30. The number of allylic oxidation sites excluding steroid dienone is 1. The van der Waals surface area contributed by atoms with Gasteiger partial charge in [0, 0.05) is 29.9 Å². The first-order chi connectivity index (χ1) is 18.2. The van der Waals surface area contributed by atoms with E-state index in [4.69, 9.17) is 0 Å². The van der Waals surface area contributed by atoms with E-state index in [0.717, 1.165) is 17.5 Å². The predicted octanol–water partition coefficient (Wildman–Crippen LogP) is 5.54. The standard InChI is InChI=1S/C30H33N3O4S/c1-4-9-23-11-8-13-27(28(23)31-3)38(36,37)32-25-16-14-24(15-17-25)29(34)33-20-18-30(35,19-21-33)26-12-7-6-10-22(26)5-2/h4,6-17,32,35H,3,5,18-21H2,1-2H3/b9-4-. The van der Waals surface area contributed by atoms with E-state index in [0.29, 0.717) is 42.7 Å². The van der Waals surface area contributed by atoms with Crippen LogP contribution < -0.4 is 4.72 Å². The largest absolute Gasteiger partial charge is 0.385 e. The summed E-state index contributed by atoms with van der Waals surface area (Å²) in [4.78, 5) is 18.8. The highest BCUT2D eigenvalue weighted by Gasteiger charge is 2.36. The maximum Gasteiger partial charge on any atom is 0.264 e. The molecule has 1 aliphatic rings. The minimum absolute atomic E-state index is 0.0219. The van der Waals surface area contributed by atoms with Crippen molar-refractivity contribution in [3.05, 3.63) is 95.1 Å². The van der Waals surface area contributed by atoms with E-state index in [1.54, 1.807) is 53.5 Å². The van der Waals surface area contributed by atoms with Crippen LogP contribution in [0.3, 0.4) is 0 Å². The van der Waals surface area contributed by atoms with Crippen LogP contribution in [0.4, 0.5) is 11.4 Å². The first-order valence-electron chi connectivity index (χ1n) is 12.7. The molecule has 0 saturated carbocycles. The van der Waals surface area contributed by atoms with E-state index >= 15 is 0 Å². The second kappa shape index (κ2) is 11.3. The lowest BCUT2D eigenvalue weighted by molar-refractivity contribution is -0.0217. The average molecular weight is 532 g/mol. The summed E-state index contributed by atoms with van der Waals surface area (Å²) in [7, 11) is -3.94. The summed E-state index contributed by atoms with van der Waals surface area (Å²) in [5, 5.41) is 11.3. The molecule has 0 atom stereocenters. The smallest absolute Gasteiger partial charge is 0.264 e. The quantitative estimate of drug-likeness (QED) is 0.373. The molecule has 8 heteroatoms. The SMILES string of the molecule is C=Nc1c(/C=C\C)cccc1S(=O)(=O)Nc1ccc(C(=O)N2CCC(O)(c3ccccc3CC)CC2)cc1. The lowest BCUT2D eigenvalue weighted by Crippen LogP contribution is -2.45. The van der Waals surface area contributed by atoms with Crippen LogP contribution in [-0.4, -0.2) is 44.1 Å². The van der Waals surface area contributed by atoms with Crippen molar-refractivity contribution < 1.29 is 18.3 Å². The molecule has 2 N–H and O–H groups in total. The summed E-state index contributed by atoms with van der Waals surface area (Å²) in [5.74, 6) is -0.151. The van der Waals surface area contributed by atoms with Crippen LogP contribution in [0.5, 0.6) is 0 Å². The monoisotopic (exact) mass is 531 g/mol. The Morgan fingerprint density at radius 3 is 2.39 bits per heavy atom. The van der Waals surface area contributed by atoms with Gasteiger partial charge in [0.15, 0.2) is 0 Å². The highest BCUT2D eigenvalue weighted by Crippen LogP contribution is 2.36. The van der Waals surface area contributed by atoms with Crippen molar-refractivity contribution in [1.29, 1.82) is 0 Å². The van der Waals surface area contributed by atoms with Crippen molar-refractivity contribution in [3.8, 4) is 0 Å². The van der Waals surface area contributed by atoms with Gasteiger partial charge < -0.3 is 10.0 Å². The zero-order chi connectivity index (χ0) is 27.3. The molecule has 1 heterocycles. The summed E-state index contributed by atoms with van der Waals surface area (Å²) < 4.78 is 28.8. The van der Waals surface area contributed by atoms with Crippen LogP contribution in [0.1, 0.15) is 53.7 Å². The van der Waals surface area contributed by atoms with Gasteiger partial charge in [0.1, 0.15) is 4.90 Å². The molecule has 1 saturated heterocycles.